The monoisotopic (exact) mass is 184 g/mol. The largest absolute Gasteiger partial charge is 0.449 e. The van der Waals surface area contributed by atoms with E-state index in [-0.39, 0.29) is 0 Å². The summed E-state index contributed by atoms with van der Waals surface area (Å²) in [7, 11) is 0. The fourth-order valence-electron chi connectivity index (χ4n) is 0.761. The van der Waals surface area contributed by atoms with Crippen molar-refractivity contribution in [2.45, 2.75) is 20.3 Å². The van der Waals surface area contributed by atoms with Gasteiger partial charge in [0.2, 0.25) is 0 Å². The average Bonchev–Trinajstić information content (AvgIpc) is 2.48. The summed E-state index contributed by atoms with van der Waals surface area (Å²) in [4.78, 5) is 11.0. The van der Waals surface area contributed by atoms with Crippen LogP contribution in [-0.4, -0.2) is 17.9 Å². The zero-order valence-corrected chi connectivity index (χ0v) is 7.66. The Morgan fingerprint density at radius 2 is 2.54 bits per heavy atom. The predicted octanol–water partition coefficient (Wildman–Crippen LogP) is 1.94. The lowest BCUT2D eigenvalue weighted by Gasteiger charge is -2.01. The van der Waals surface area contributed by atoms with Crippen LogP contribution in [0, 0.1) is 6.92 Å². The van der Waals surface area contributed by atoms with Gasteiger partial charge in [-0.05, 0) is 13.3 Å². The van der Waals surface area contributed by atoms with Gasteiger partial charge >= 0.3 is 6.09 Å². The van der Waals surface area contributed by atoms with Crippen LogP contribution in [0.5, 0.6) is 0 Å². The van der Waals surface area contributed by atoms with Gasteiger partial charge in [0, 0.05) is 6.07 Å². The first kappa shape index (κ1) is 9.57. The maximum atomic E-state index is 11.0. The van der Waals surface area contributed by atoms with Crippen LogP contribution in [0.4, 0.5) is 10.6 Å². The molecular weight excluding hydrogens is 172 g/mol. The molecule has 5 heteroatoms. The smallest absolute Gasteiger partial charge is 0.412 e. The zero-order valence-electron chi connectivity index (χ0n) is 7.66. The molecule has 0 aromatic carbocycles. The van der Waals surface area contributed by atoms with Gasteiger partial charge in [-0.2, -0.15) is 0 Å². The highest BCUT2D eigenvalue weighted by molar-refractivity contribution is 5.83. The first-order valence-corrected chi connectivity index (χ1v) is 4.09. The minimum Gasteiger partial charge on any atom is -0.449 e. The Bertz CT molecular complexity index is 283. The van der Waals surface area contributed by atoms with Crippen LogP contribution in [0.3, 0.4) is 0 Å². The standard InChI is InChI=1S/C8H12N2O3/c1-3-4-12-8(11)9-7-5-6(2)13-10-7/h5H,3-4H2,1-2H3,(H,9,10,11). The number of carbonyl (C=O) groups is 1. The maximum absolute atomic E-state index is 11.0. The molecule has 0 aliphatic carbocycles. The second-order valence-electron chi connectivity index (χ2n) is 2.58. The average molecular weight is 184 g/mol. The van der Waals surface area contributed by atoms with Crippen molar-refractivity contribution in [3.05, 3.63) is 11.8 Å². The van der Waals surface area contributed by atoms with Crippen molar-refractivity contribution < 1.29 is 14.1 Å². The Morgan fingerprint density at radius 1 is 1.77 bits per heavy atom. The molecule has 0 spiro atoms. The lowest BCUT2D eigenvalue weighted by Crippen LogP contribution is -2.14. The topological polar surface area (TPSA) is 64.4 Å². The van der Waals surface area contributed by atoms with Crippen LogP contribution in [0.25, 0.3) is 0 Å². The number of ether oxygens (including phenoxy) is 1. The first-order chi connectivity index (χ1) is 6.22. The molecule has 0 atom stereocenters. The number of hydrogen-bond donors (Lipinski definition) is 1. The molecular formula is C8H12N2O3. The Morgan fingerprint density at radius 3 is 3.08 bits per heavy atom. The van der Waals surface area contributed by atoms with E-state index in [1.54, 1.807) is 13.0 Å². The molecule has 1 aromatic heterocycles. The van der Waals surface area contributed by atoms with Crippen LogP contribution >= 0.6 is 0 Å². The van der Waals surface area contributed by atoms with Crippen LogP contribution in [0.1, 0.15) is 19.1 Å². The summed E-state index contributed by atoms with van der Waals surface area (Å²) < 4.78 is 9.52. The molecule has 0 radical (unpaired) electrons. The molecule has 0 fully saturated rings. The number of hydrogen-bond acceptors (Lipinski definition) is 4. The van der Waals surface area contributed by atoms with Crippen LogP contribution in [0.15, 0.2) is 10.6 Å². The minimum absolute atomic E-state index is 0.374. The van der Waals surface area contributed by atoms with E-state index < -0.39 is 6.09 Å². The van der Waals surface area contributed by atoms with Crippen molar-refractivity contribution in [3.8, 4) is 0 Å². The van der Waals surface area contributed by atoms with Gasteiger partial charge in [0.1, 0.15) is 5.76 Å². The van der Waals surface area contributed by atoms with Crippen molar-refractivity contribution in [1.82, 2.24) is 5.16 Å². The molecule has 0 saturated carbocycles. The van der Waals surface area contributed by atoms with Gasteiger partial charge in [0.25, 0.3) is 0 Å². The van der Waals surface area contributed by atoms with Crippen molar-refractivity contribution >= 4 is 11.9 Å². The van der Waals surface area contributed by atoms with Gasteiger partial charge in [-0.15, -0.1) is 0 Å². The molecule has 13 heavy (non-hydrogen) atoms. The summed E-state index contributed by atoms with van der Waals surface area (Å²) >= 11 is 0. The minimum atomic E-state index is -0.504. The molecule has 1 amide bonds. The highest BCUT2D eigenvalue weighted by atomic mass is 16.5. The Balaban J connectivity index is 2.36. The van der Waals surface area contributed by atoms with E-state index in [0.717, 1.165) is 6.42 Å². The normalized spacial score (nSPS) is 9.69. The third-order valence-electron chi connectivity index (χ3n) is 1.30. The predicted molar refractivity (Wildman–Crippen MR) is 46.5 cm³/mol. The Labute approximate surface area is 76.0 Å². The van der Waals surface area contributed by atoms with Crippen molar-refractivity contribution in [2.75, 3.05) is 11.9 Å². The van der Waals surface area contributed by atoms with Crippen molar-refractivity contribution in [2.24, 2.45) is 0 Å². The van der Waals surface area contributed by atoms with Gasteiger partial charge in [-0.3, -0.25) is 5.32 Å². The number of aromatic nitrogens is 1. The fraction of sp³-hybridized carbons (Fsp3) is 0.500. The SMILES string of the molecule is CCCOC(=O)Nc1cc(C)on1. The van der Waals surface area contributed by atoms with E-state index in [0.29, 0.717) is 18.2 Å². The molecule has 0 unspecified atom stereocenters. The fourth-order valence-corrected chi connectivity index (χ4v) is 0.761. The summed E-state index contributed by atoms with van der Waals surface area (Å²) in [6.45, 7) is 4.08. The van der Waals surface area contributed by atoms with E-state index in [9.17, 15) is 4.79 Å². The summed E-state index contributed by atoms with van der Waals surface area (Å²) in [5.74, 6) is 1.02. The highest BCUT2D eigenvalue weighted by Crippen LogP contribution is 2.06. The second-order valence-corrected chi connectivity index (χ2v) is 2.58. The van der Waals surface area contributed by atoms with E-state index in [1.807, 2.05) is 6.92 Å². The number of rotatable bonds is 3. The van der Waals surface area contributed by atoms with Gasteiger partial charge in [0.05, 0.1) is 6.61 Å². The lowest BCUT2D eigenvalue weighted by molar-refractivity contribution is 0.161. The number of carbonyl (C=O) groups excluding carboxylic acids is 1. The number of aryl methyl sites for hydroxylation is 1. The van der Waals surface area contributed by atoms with Crippen LogP contribution in [-0.2, 0) is 4.74 Å². The molecule has 5 nitrogen and oxygen atoms in total. The maximum Gasteiger partial charge on any atom is 0.412 e. The summed E-state index contributed by atoms with van der Waals surface area (Å²) in [6, 6.07) is 1.62. The van der Waals surface area contributed by atoms with Crippen LogP contribution < -0.4 is 5.32 Å². The molecule has 72 valence electrons. The van der Waals surface area contributed by atoms with Gasteiger partial charge in [0.15, 0.2) is 5.82 Å². The third kappa shape index (κ3) is 3.14. The molecule has 1 heterocycles. The Hall–Kier alpha value is -1.52. The van der Waals surface area contributed by atoms with Gasteiger partial charge < -0.3 is 9.26 Å². The van der Waals surface area contributed by atoms with Gasteiger partial charge in [-0.1, -0.05) is 12.1 Å². The Kier molecular flexibility index (Phi) is 3.31. The van der Waals surface area contributed by atoms with Crippen molar-refractivity contribution in [3.63, 3.8) is 0 Å². The molecule has 0 aliphatic rings. The number of nitrogens with zero attached hydrogens (tertiary/aromatic N) is 1. The molecule has 1 aromatic rings. The van der Waals surface area contributed by atoms with E-state index in [4.69, 9.17) is 9.26 Å². The zero-order chi connectivity index (χ0) is 9.68. The van der Waals surface area contributed by atoms with Crippen LogP contribution in [0.2, 0.25) is 0 Å². The summed E-state index contributed by atoms with van der Waals surface area (Å²) in [5, 5.41) is 6.01. The van der Waals surface area contributed by atoms with E-state index in [2.05, 4.69) is 10.5 Å². The van der Waals surface area contributed by atoms with Crippen molar-refractivity contribution in [1.29, 1.82) is 0 Å². The number of nitrogens with one attached hydrogen (secondary N) is 1. The number of amides is 1. The second kappa shape index (κ2) is 4.49. The quantitative estimate of drug-likeness (QED) is 0.779. The molecule has 1 N–H and O–H groups in total. The third-order valence-corrected chi connectivity index (χ3v) is 1.30. The first-order valence-electron chi connectivity index (χ1n) is 4.09. The van der Waals surface area contributed by atoms with Gasteiger partial charge in [-0.25, -0.2) is 4.79 Å². The molecule has 1 rings (SSSR count). The summed E-state index contributed by atoms with van der Waals surface area (Å²) in [5.41, 5.74) is 0. The van der Waals surface area contributed by atoms with E-state index >= 15 is 0 Å². The number of anilines is 1. The molecule has 0 bridgehead atoms. The molecule has 0 saturated heterocycles. The highest BCUT2D eigenvalue weighted by Gasteiger charge is 2.05. The summed E-state index contributed by atoms with van der Waals surface area (Å²) in [6.07, 6.45) is 0.292. The lowest BCUT2D eigenvalue weighted by atomic mass is 10.5. The molecule has 0 aliphatic heterocycles. The van der Waals surface area contributed by atoms with E-state index in [1.165, 1.54) is 0 Å².